The molecule has 5 heteroatoms. The molecule has 3 N–H and O–H groups in total. The molecule has 0 saturated heterocycles. The van der Waals surface area contributed by atoms with Crippen LogP contribution in [0.15, 0.2) is 18.3 Å². The SMILES string of the molecule is NC(=O)CC#Cc1ccc(C(=O)O)cn1. The van der Waals surface area contributed by atoms with Crippen molar-refractivity contribution in [2.24, 2.45) is 5.73 Å². The normalized spacial score (nSPS) is 8.80. The van der Waals surface area contributed by atoms with Gasteiger partial charge in [0.15, 0.2) is 0 Å². The monoisotopic (exact) mass is 204 g/mol. The summed E-state index contributed by atoms with van der Waals surface area (Å²) in [5, 5.41) is 8.59. The first-order chi connectivity index (χ1) is 7.09. The van der Waals surface area contributed by atoms with Crippen molar-refractivity contribution < 1.29 is 14.7 Å². The van der Waals surface area contributed by atoms with Gasteiger partial charge in [-0.1, -0.05) is 5.92 Å². The average Bonchev–Trinajstić information content (AvgIpc) is 2.18. The van der Waals surface area contributed by atoms with Gasteiger partial charge in [-0.2, -0.15) is 0 Å². The van der Waals surface area contributed by atoms with Crippen LogP contribution in [0.4, 0.5) is 0 Å². The lowest BCUT2D eigenvalue weighted by atomic mass is 10.2. The molecule has 0 atom stereocenters. The molecule has 0 bridgehead atoms. The minimum Gasteiger partial charge on any atom is -0.478 e. The summed E-state index contributed by atoms with van der Waals surface area (Å²) in [5.41, 5.74) is 5.38. The van der Waals surface area contributed by atoms with Gasteiger partial charge >= 0.3 is 5.97 Å². The maximum atomic E-state index is 10.5. The number of carbonyl (C=O) groups excluding carboxylic acids is 1. The Kier molecular flexibility index (Phi) is 3.41. The van der Waals surface area contributed by atoms with Crippen LogP contribution in [0.1, 0.15) is 22.5 Å². The Morgan fingerprint density at radius 3 is 2.67 bits per heavy atom. The Bertz CT molecular complexity index is 440. The Morgan fingerprint density at radius 1 is 1.47 bits per heavy atom. The number of carboxylic acids is 1. The van der Waals surface area contributed by atoms with Crippen LogP contribution in [0.5, 0.6) is 0 Å². The molecule has 1 rings (SSSR count). The molecule has 76 valence electrons. The first-order valence-electron chi connectivity index (χ1n) is 4.06. The lowest BCUT2D eigenvalue weighted by Gasteiger charge is -1.92. The Morgan fingerprint density at radius 2 is 2.20 bits per heavy atom. The fourth-order valence-corrected chi connectivity index (χ4v) is 0.816. The highest BCUT2D eigenvalue weighted by molar-refractivity contribution is 5.87. The highest BCUT2D eigenvalue weighted by atomic mass is 16.4. The summed E-state index contributed by atoms with van der Waals surface area (Å²) in [6.07, 6.45) is 1.17. The van der Waals surface area contributed by atoms with Gasteiger partial charge in [0.25, 0.3) is 0 Å². The molecule has 0 aromatic carbocycles. The first kappa shape index (κ1) is 10.7. The van der Waals surface area contributed by atoms with Crippen molar-refractivity contribution in [1.29, 1.82) is 0 Å². The van der Waals surface area contributed by atoms with E-state index in [1.54, 1.807) is 0 Å². The lowest BCUT2D eigenvalue weighted by Crippen LogP contribution is -2.08. The van der Waals surface area contributed by atoms with Gasteiger partial charge in [-0.3, -0.25) is 4.79 Å². The van der Waals surface area contributed by atoms with Gasteiger partial charge in [0, 0.05) is 6.20 Å². The molecular weight excluding hydrogens is 196 g/mol. The number of aromatic carboxylic acids is 1. The minimum atomic E-state index is -1.04. The average molecular weight is 204 g/mol. The van der Waals surface area contributed by atoms with E-state index in [9.17, 15) is 9.59 Å². The molecule has 0 saturated carbocycles. The molecule has 0 radical (unpaired) electrons. The fraction of sp³-hybridized carbons (Fsp3) is 0.100. The number of pyridine rings is 1. The second kappa shape index (κ2) is 4.77. The summed E-state index contributed by atoms with van der Waals surface area (Å²) < 4.78 is 0. The van der Waals surface area contributed by atoms with Crippen LogP contribution >= 0.6 is 0 Å². The maximum absolute atomic E-state index is 10.5. The molecule has 0 aliphatic rings. The molecule has 1 aromatic rings. The number of aromatic nitrogens is 1. The predicted octanol–water partition coefficient (Wildman–Crippen LogP) is 0.00670. The number of carboxylic acid groups (broad SMARTS) is 1. The third kappa shape index (κ3) is 3.48. The van der Waals surface area contributed by atoms with Gasteiger partial charge in [0.2, 0.25) is 5.91 Å². The van der Waals surface area contributed by atoms with Crippen LogP contribution < -0.4 is 5.73 Å². The minimum absolute atomic E-state index is 0.0393. The summed E-state index contributed by atoms with van der Waals surface area (Å²) in [6.45, 7) is 0. The molecule has 1 amide bonds. The summed E-state index contributed by atoms with van der Waals surface area (Å²) in [5.74, 6) is 3.55. The highest BCUT2D eigenvalue weighted by Crippen LogP contribution is 1.98. The maximum Gasteiger partial charge on any atom is 0.337 e. The highest BCUT2D eigenvalue weighted by Gasteiger charge is 2.00. The quantitative estimate of drug-likeness (QED) is 0.663. The van der Waals surface area contributed by atoms with Crippen molar-refractivity contribution in [3.05, 3.63) is 29.6 Å². The van der Waals surface area contributed by atoms with E-state index < -0.39 is 11.9 Å². The molecular formula is C10H8N2O3. The first-order valence-corrected chi connectivity index (χ1v) is 4.06. The number of primary amides is 1. The zero-order valence-corrected chi connectivity index (χ0v) is 7.73. The van der Waals surface area contributed by atoms with Gasteiger partial charge in [-0.15, -0.1) is 0 Å². The van der Waals surface area contributed by atoms with E-state index in [0.29, 0.717) is 5.69 Å². The van der Waals surface area contributed by atoms with E-state index in [1.165, 1.54) is 18.3 Å². The molecule has 0 aliphatic heterocycles. The topological polar surface area (TPSA) is 93.3 Å². The number of hydrogen-bond donors (Lipinski definition) is 2. The molecule has 0 unspecified atom stereocenters. The van der Waals surface area contributed by atoms with Crippen LogP contribution in [0.2, 0.25) is 0 Å². The zero-order chi connectivity index (χ0) is 11.3. The van der Waals surface area contributed by atoms with E-state index in [0.717, 1.165) is 0 Å². The molecule has 0 fully saturated rings. The third-order valence-corrected chi connectivity index (χ3v) is 1.49. The van der Waals surface area contributed by atoms with Gasteiger partial charge < -0.3 is 10.8 Å². The van der Waals surface area contributed by atoms with E-state index in [-0.39, 0.29) is 12.0 Å². The molecule has 15 heavy (non-hydrogen) atoms. The number of nitrogens with zero attached hydrogens (tertiary/aromatic N) is 1. The standard InChI is InChI=1S/C10H8N2O3/c11-9(13)3-1-2-8-5-4-7(6-12-8)10(14)15/h4-6H,3H2,(H2,11,13)(H,14,15). The number of carbonyl (C=O) groups is 2. The van der Waals surface area contributed by atoms with Gasteiger partial charge in [0.05, 0.1) is 12.0 Å². The summed E-state index contributed by atoms with van der Waals surface area (Å²) in [4.78, 5) is 24.6. The number of hydrogen-bond acceptors (Lipinski definition) is 3. The summed E-state index contributed by atoms with van der Waals surface area (Å²) in [7, 11) is 0. The van der Waals surface area contributed by atoms with Crippen molar-refractivity contribution in [1.82, 2.24) is 4.98 Å². The Hall–Kier alpha value is -2.35. The fourth-order valence-electron chi connectivity index (χ4n) is 0.816. The van der Waals surface area contributed by atoms with Crippen molar-refractivity contribution in [3.63, 3.8) is 0 Å². The van der Waals surface area contributed by atoms with Crippen LogP contribution in [0, 0.1) is 11.8 Å². The smallest absolute Gasteiger partial charge is 0.337 e. The van der Waals surface area contributed by atoms with E-state index in [4.69, 9.17) is 10.8 Å². The van der Waals surface area contributed by atoms with Gasteiger partial charge in [-0.25, -0.2) is 9.78 Å². The van der Waals surface area contributed by atoms with E-state index >= 15 is 0 Å². The van der Waals surface area contributed by atoms with Crippen molar-refractivity contribution in [3.8, 4) is 11.8 Å². The Labute approximate surface area is 85.9 Å². The molecule has 0 aliphatic carbocycles. The molecule has 1 heterocycles. The number of rotatable bonds is 2. The Balaban J connectivity index is 2.75. The number of nitrogens with two attached hydrogens (primary N) is 1. The third-order valence-electron chi connectivity index (χ3n) is 1.49. The van der Waals surface area contributed by atoms with Gasteiger partial charge in [-0.05, 0) is 18.1 Å². The molecule has 5 nitrogen and oxygen atoms in total. The predicted molar refractivity (Wildman–Crippen MR) is 51.9 cm³/mol. The lowest BCUT2D eigenvalue weighted by molar-refractivity contribution is -0.117. The van der Waals surface area contributed by atoms with Gasteiger partial charge in [0.1, 0.15) is 5.69 Å². The second-order valence-corrected chi connectivity index (χ2v) is 2.68. The zero-order valence-electron chi connectivity index (χ0n) is 7.73. The van der Waals surface area contributed by atoms with Crippen molar-refractivity contribution in [2.45, 2.75) is 6.42 Å². The van der Waals surface area contributed by atoms with Crippen LogP contribution in [0.3, 0.4) is 0 Å². The van der Waals surface area contributed by atoms with Crippen molar-refractivity contribution in [2.75, 3.05) is 0 Å². The van der Waals surface area contributed by atoms with Crippen LogP contribution in [-0.2, 0) is 4.79 Å². The van der Waals surface area contributed by atoms with Crippen LogP contribution in [0.25, 0.3) is 0 Å². The van der Waals surface area contributed by atoms with Crippen molar-refractivity contribution >= 4 is 11.9 Å². The molecule has 1 aromatic heterocycles. The van der Waals surface area contributed by atoms with E-state index in [1.807, 2.05) is 0 Å². The number of amides is 1. The van der Waals surface area contributed by atoms with Crippen LogP contribution in [-0.4, -0.2) is 22.0 Å². The summed E-state index contributed by atoms with van der Waals surface area (Å²) >= 11 is 0. The second-order valence-electron chi connectivity index (χ2n) is 2.68. The largest absolute Gasteiger partial charge is 0.478 e. The van der Waals surface area contributed by atoms with E-state index in [2.05, 4.69) is 16.8 Å². The molecule has 0 spiro atoms. The summed E-state index contributed by atoms with van der Waals surface area (Å²) in [6, 6.07) is 2.86.